The van der Waals surface area contributed by atoms with Gasteiger partial charge >= 0.3 is 0 Å². The largest absolute Gasteiger partial charge is 0.507 e. The van der Waals surface area contributed by atoms with Gasteiger partial charge in [-0.15, -0.1) is 11.8 Å². The molecule has 0 atom stereocenters. The molecule has 0 spiro atoms. The summed E-state index contributed by atoms with van der Waals surface area (Å²) in [5, 5.41) is 18.3. The minimum absolute atomic E-state index is 0.0937. The SMILES string of the molecule is Oc1cc(O)c2c(n1)CCS2. The van der Waals surface area contributed by atoms with Crippen molar-refractivity contribution in [1.82, 2.24) is 4.98 Å². The molecule has 0 saturated carbocycles. The molecule has 1 aromatic heterocycles. The van der Waals surface area contributed by atoms with E-state index < -0.39 is 0 Å². The Balaban J connectivity index is 2.60. The summed E-state index contributed by atoms with van der Waals surface area (Å²) in [6, 6.07) is 1.27. The van der Waals surface area contributed by atoms with Gasteiger partial charge in [0.15, 0.2) is 0 Å². The second-order valence-electron chi connectivity index (χ2n) is 2.37. The molecular formula is C7H7NO2S. The van der Waals surface area contributed by atoms with Gasteiger partial charge in [0.1, 0.15) is 5.75 Å². The molecule has 1 aliphatic rings. The second-order valence-corrected chi connectivity index (χ2v) is 3.48. The maximum atomic E-state index is 9.29. The number of pyridine rings is 1. The summed E-state index contributed by atoms with van der Waals surface area (Å²) < 4.78 is 0. The highest BCUT2D eigenvalue weighted by molar-refractivity contribution is 7.99. The summed E-state index contributed by atoms with van der Waals surface area (Å²) >= 11 is 1.58. The molecule has 0 amide bonds. The van der Waals surface area contributed by atoms with Crippen LogP contribution in [0.25, 0.3) is 0 Å². The zero-order chi connectivity index (χ0) is 7.84. The molecule has 2 rings (SSSR count). The van der Waals surface area contributed by atoms with Crippen LogP contribution in [0.4, 0.5) is 0 Å². The monoisotopic (exact) mass is 169 g/mol. The van der Waals surface area contributed by atoms with Gasteiger partial charge in [0.25, 0.3) is 0 Å². The van der Waals surface area contributed by atoms with Gasteiger partial charge in [0, 0.05) is 18.2 Å². The van der Waals surface area contributed by atoms with Crippen LogP contribution in [0.3, 0.4) is 0 Å². The van der Waals surface area contributed by atoms with Crippen molar-refractivity contribution >= 4 is 11.8 Å². The van der Waals surface area contributed by atoms with Crippen LogP contribution in [0, 0.1) is 0 Å². The first-order valence-corrected chi connectivity index (χ1v) is 4.30. The van der Waals surface area contributed by atoms with Crippen LogP contribution >= 0.6 is 11.8 Å². The first-order valence-electron chi connectivity index (χ1n) is 3.32. The lowest BCUT2D eigenvalue weighted by atomic mass is 10.3. The minimum atomic E-state index is -0.0937. The first kappa shape index (κ1) is 6.79. The van der Waals surface area contributed by atoms with E-state index in [1.807, 2.05) is 0 Å². The molecule has 1 aliphatic heterocycles. The van der Waals surface area contributed by atoms with Gasteiger partial charge in [0.2, 0.25) is 5.88 Å². The Morgan fingerprint density at radius 1 is 1.45 bits per heavy atom. The second kappa shape index (κ2) is 2.30. The normalized spacial score (nSPS) is 14.9. The third kappa shape index (κ3) is 1.03. The lowest BCUT2D eigenvalue weighted by Crippen LogP contribution is -1.86. The fraction of sp³-hybridized carbons (Fsp3) is 0.286. The third-order valence-electron chi connectivity index (χ3n) is 1.60. The number of thioether (sulfide) groups is 1. The molecule has 58 valence electrons. The number of aromatic nitrogens is 1. The number of aryl methyl sites for hydroxylation is 1. The van der Waals surface area contributed by atoms with E-state index in [1.165, 1.54) is 6.07 Å². The summed E-state index contributed by atoms with van der Waals surface area (Å²) in [6.07, 6.45) is 0.835. The van der Waals surface area contributed by atoms with Crippen molar-refractivity contribution in [2.45, 2.75) is 11.3 Å². The quantitative estimate of drug-likeness (QED) is 0.611. The molecule has 4 heteroatoms. The molecule has 0 saturated heterocycles. The van der Waals surface area contributed by atoms with Gasteiger partial charge < -0.3 is 10.2 Å². The zero-order valence-corrected chi connectivity index (χ0v) is 6.56. The lowest BCUT2D eigenvalue weighted by Gasteiger charge is -2.00. The van der Waals surface area contributed by atoms with E-state index in [9.17, 15) is 5.11 Å². The molecule has 0 aromatic carbocycles. The molecule has 0 aliphatic carbocycles. The Morgan fingerprint density at radius 3 is 3.09 bits per heavy atom. The van der Waals surface area contributed by atoms with Crippen molar-refractivity contribution < 1.29 is 10.2 Å². The predicted octanol–water partition coefficient (Wildman–Crippen LogP) is 1.14. The standard InChI is InChI=1S/C7H7NO2S/c9-5-3-6(10)8-4-1-2-11-7(4)5/h3H,1-2H2,(H2,8,9,10). The molecule has 1 aromatic rings. The van der Waals surface area contributed by atoms with E-state index in [0.717, 1.165) is 22.8 Å². The van der Waals surface area contributed by atoms with E-state index >= 15 is 0 Å². The topological polar surface area (TPSA) is 53.4 Å². The van der Waals surface area contributed by atoms with Crippen LogP contribution in [0.5, 0.6) is 11.6 Å². The number of rotatable bonds is 0. The Hall–Kier alpha value is -0.900. The van der Waals surface area contributed by atoms with Gasteiger partial charge in [-0.25, -0.2) is 4.98 Å². The maximum absolute atomic E-state index is 9.29. The highest BCUT2D eigenvalue weighted by atomic mass is 32.2. The number of hydrogen-bond acceptors (Lipinski definition) is 4. The van der Waals surface area contributed by atoms with Crippen LogP contribution in [0.1, 0.15) is 5.69 Å². The lowest BCUT2D eigenvalue weighted by molar-refractivity contribution is 0.425. The van der Waals surface area contributed by atoms with Crippen molar-refractivity contribution in [1.29, 1.82) is 0 Å². The van der Waals surface area contributed by atoms with E-state index in [2.05, 4.69) is 4.98 Å². The first-order chi connectivity index (χ1) is 5.27. The number of hydrogen-bond donors (Lipinski definition) is 2. The molecule has 0 unspecified atom stereocenters. The molecule has 0 fully saturated rings. The van der Waals surface area contributed by atoms with Crippen LogP contribution in [-0.4, -0.2) is 20.9 Å². The zero-order valence-electron chi connectivity index (χ0n) is 5.74. The highest BCUT2D eigenvalue weighted by Crippen LogP contribution is 2.38. The average Bonchev–Trinajstić information content (AvgIpc) is 2.34. The number of fused-ring (bicyclic) bond motifs is 1. The van der Waals surface area contributed by atoms with Crippen molar-refractivity contribution in [2.75, 3.05) is 5.75 Å². The van der Waals surface area contributed by atoms with Gasteiger partial charge in [-0.1, -0.05) is 0 Å². The molecular weight excluding hydrogens is 162 g/mol. The highest BCUT2D eigenvalue weighted by Gasteiger charge is 2.17. The Kier molecular flexibility index (Phi) is 1.42. The van der Waals surface area contributed by atoms with Gasteiger partial charge in [0.05, 0.1) is 10.6 Å². The van der Waals surface area contributed by atoms with Crippen molar-refractivity contribution in [3.8, 4) is 11.6 Å². The molecule has 2 heterocycles. The minimum Gasteiger partial charge on any atom is -0.507 e. The molecule has 3 nitrogen and oxygen atoms in total. The van der Waals surface area contributed by atoms with E-state index in [1.54, 1.807) is 11.8 Å². The van der Waals surface area contributed by atoms with E-state index in [4.69, 9.17) is 5.11 Å². The van der Waals surface area contributed by atoms with Gasteiger partial charge in [-0.2, -0.15) is 0 Å². The third-order valence-corrected chi connectivity index (χ3v) is 2.74. The van der Waals surface area contributed by atoms with Crippen molar-refractivity contribution in [2.24, 2.45) is 0 Å². The summed E-state index contributed by atoms with van der Waals surface area (Å²) in [6.45, 7) is 0. The van der Waals surface area contributed by atoms with Crippen molar-refractivity contribution in [3.63, 3.8) is 0 Å². The smallest absolute Gasteiger partial charge is 0.214 e. The molecule has 2 N–H and O–H groups in total. The Morgan fingerprint density at radius 2 is 2.27 bits per heavy atom. The van der Waals surface area contributed by atoms with E-state index in [0.29, 0.717) is 0 Å². The Bertz CT molecular complexity index is 301. The molecule has 0 radical (unpaired) electrons. The van der Waals surface area contributed by atoms with Crippen LogP contribution < -0.4 is 0 Å². The summed E-state index contributed by atoms with van der Waals surface area (Å²) in [5.74, 6) is 0.998. The Labute approximate surface area is 68.1 Å². The molecule has 0 bridgehead atoms. The number of aromatic hydroxyl groups is 2. The summed E-state index contributed by atoms with van der Waals surface area (Å²) in [4.78, 5) is 4.71. The number of nitrogens with zero attached hydrogens (tertiary/aromatic N) is 1. The maximum Gasteiger partial charge on any atom is 0.214 e. The summed E-state index contributed by atoms with van der Waals surface area (Å²) in [5.41, 5.74) is 0.813. The van der Waals surface area contributed by atoms with Crippen LogP contribution in [-0.2, 0) is 6.42 Å². The van der Waals surface area contributed by atoms with Crippen LogP contribution in [0.2, 0.25) is 0 Å². The van der Waals surface area contributed by atoms with Gasteiger partial charge in [-0.3, -0.25) is 0 Å². The predicted molar refractivity (Wildman–Crippen MR) is 42.0 cm³/mol. The average molecular weight is 169 g/mol. The fourth-order valence-corrected chi connectivity index (χ4v) is 2.15. The molecule has 11 heavy (non-hydrogen) atoms. The van der Waals surface area contributed by atoms with Gasteiger partial charge in [-0.05, 0) is 0 Å². The van der Waals surface area contributed by atoms with E-state index in [-0.39, 0.29) is 11.6 Å². The van der Waals surface area contributed by atoms with Crippen LogP contribution in [0.15, 0.2) is 11.0 Å². The van der Waals surface area contributed by atoms with Crippen molar-refractivity contribution in [3.05, 3.63) is 11.8 Å². The summed E-state index contributed by atoms with van der Waals surface area (Å²) in [7, 11) is 0. The fourth-order valence-electron chi connectivity index (χ4n) is 1.13.